The molecule has 9 nitrogen and oxygen atoms in total. The number of nitrogens with zero attached hydrogens (tertiary/aromatic N) is 1. The molecule has 0 spiro atoms. The number of anilines is 2. The lowest BCUT2D eigenvalue weighted by atomic mass is 10.1. The SMILES string of the molecule is CNC(=O)c1cc(Oc2ccc(NC(=O)Nc3ccc4c(c3)S(=O)C(=O)C4)cc2)ccn1. The quantitative estimate of drug-likeness (QED) is 0.548. The van der Waals surface area contributed by atoms with E-state index in [0.717, 1.165) is 0 Å². The number of hydrogen-bond acceptors (Lipinski definition) is 6. The van der Waals surface area contributed by atoms with Crippen LogP contribution in [0.3, 0.4) is 0 Å². The third-order valence-electron chi connectivity index (χ3n) is 4.61. The van der Waals surface area contributed by atoms with Gasteiger partial charge in [-0.25, -0.2) is 9.00 Å². The van der Waals surface area contributed by atoms with Gasteiger partial charge in [0, 0.05) is 37.1 Å². The summed E-state index contributed by atoms with van der Waals surface area (Å²) < 4.78 is 17.7. The summed E-state index contributed by atoms with van der Waals surface area (Å²) in [6.45, 7) is 0. The number of nitrogens with one attached hydrogen (secondary N) is 3. The number of fused-ring (bicyclic) bond motifs is 1. The van der Waals surface area contributed by atoms with Crippen LogP contribution in [0.15, 0.2) is 65.7 Å². The Bertz CT molecular complexity index is 1240. The predicted molar refractivity (Wildman–Crippen MR) is 118 cm³/mol. The summed E-state index contributed by atoms with van der Waals surface area (Å²) in [4.78, 5) is 40.0. The largest absolute Gasteiger partial charge is 0.457 e. The Hall–Kier alpha value is -4.05. The smallest absolute Gasteiger partial charge is 0.323 e. The van der Waals surface area contributed by atoms with E-state index in [2.05, 4.69) is 20.9 Å². The molecule has 1 atom stereocenters. The van der Waals surface area contributed by atoms with Crippen LogP contribution in [-0.4, -0.2) is 33.3 Å². The number of ether oxygens (including phenoxy) is 1. The van der Waals surface area contributed by atoms with E-state index in [0.29, 0.717) is 33.3 Å². The number of carbonyl (C=O) groups excluding carboxylic acids is 3. The van der Waals surface area contributed by atoms with E-state index in [-0.39, 0.29) is 23.1 Å². The molecule has 2 aromatic carbocycles. The highest BCUT2D eigenvalue weighted by molar-refractivity contribution is 8.00. The third-order valence-corrected chi connectivity index (χ3v) is 5.94. The number of urea groups is 1. The van der Waals surface area contributed by atoms with Crippen LogP contribution in [0.2, 0.25) is 0 Å². The zero-order valence-corrected chi connectivity index (χ0v) is 17.7. The average molecular weight is 450 g/mol. The van der Waals surface area contributed by atoms with Crippen LogP contribution in [0.4, 0.5) is 16.2 Å². The second-order valence-corrected chi connectivity index (χ2v) is 8.23. The van der Waals surface area contributed by atoms with Crippen LogP contribution < -0.4 is 20.7 Å². The number of aromatic nitrogens is 1. The highest BCUT2D eigenvalue weighted by Crippen LogP contribution is 2.27. The maximum absolute atomic E-state index is 12.3. The molecule has 0 fully saturated rings. The van der Waals surface area contributed by atoms with Crippen molar-refractivity contribution < 1.29 is 23.3 Å². The van der Waals surface area contributed by atoms with Crippen molar-refractivity contribution in [3.05, 3.63) is 72.1 Å². The molecular formula is C22H18N4O5S. The molecule has 2 heterocycles. The van der Waals surface area contributed by atoms with Gasteiger partial charge in [0.1, 0.15) is 28.0 Å². The van der Waals surface area contributed by atoms with Gasteiger partial charge in [-0.1, -0.05) is 6.07 Å². The molecule has 3 N–H and O–H groups in total. The van der Waals surface area contributed by atoms with E-state index >= 15 is 0 Å². The van der Waals surface area contributed by atoms with Gasteiger partial charge in [0.05, 0.1) is 4.90 Å². The summed E-state index contributed by atoms with van der Waals surface area (Å²) in [5, 5.41) is 7.52. The van der Waals surface area contributed by atoms with Gasteiger partial charge in [-0.2, -0.15) is 0 Å². The Morgan fingerprint density at radius 2 is 1.69 bits per heavy atom. The Morgan fingerprint density at radius 1 is 0.969 bits per heavy atom. The molecule has 3 aromatic rings. The van der Waals surface area contributed by atoms with Crippen LogP contribution in [0.25, 0.3) is 0 Å². The van der Waals surface area contributed by atoms with Crippen molar-refractivity contribution in [1.29, 1.82) is 0 Å². The Labute approximate surface area is 185 Å². The van der Waals surface area contributed by atoms with Crippen molar-refractivity contribution in [3.63, 3.8) is 0 Å². The number of amides is 3. The second-order valence-electron chi connectivity index (χ2n) is 6.80. The van der Waals surface area contributed by atoms with Crippen LogP contribution in [0, 0.1) is 0 Å². The number of benzene rings is 2. The lowest BCUT2D eigenvalue weighted by Crippen LogP contribution is -2.19. The fourth-order valence-corrected chi connectivity index (χ4v) is 4.20. The highest BCUT2D eigenvalue weighted by Gasteiger charge is 2.27. The van der Waals surface area contributed by atoms with Crippen molar-refractivity contribution in [3.8, 4) is 11.5 Å². The van der Waals surface area contributed by atoms with Crippen LogP contribution in [0.1, 0.15) is 16.1 Å². The van der Waals surface area contributed by atoms with E-state index < -0.39 is 16.8 Å². The first kappa shape index (κ1) is 21.2. The van der Waals surface area contributed by atoms with E-state index in [1.54, 1.807) is 48.5 Å². The van der Waals surface area contributed by atoms with Crippen LogP contribution in [0.5, 0.6) is 11.5 Å². The molecule has 0 radical (unpaired) electrons. The van der Waals surface area contributed by atoms with Gasteiger partial charge >= 0.3 is 6.03 Å². The zero-order valence-electron chi connectivity index (χ0n) is 16.9. The molecule has 0 bridgehead atoms. The van der Waals surface area contributed by atoms with Crippen molar-refractivity contribution in [1.82, 2.24) is 10.3 Å². The predicted octanol–water partition coefficient (Wildman–Crippen LogP) is 3.07. The maximum Gasteiger partial charge on any atom is 0.323 e. The number of hydrogen-bond donors (Lipinski definition) is 3. The van der Waals surface area contributed by atoms with E-state index in [4.69, 9.17) is 4.74 Å². The van der Waals surface area contributed by atoms with Gasteiger partial charge in [-0.3, -0.25) is 14.6 Å². The van der Waals surface area contributed by atoms with Crippen molar-refractivity contribution >= 4 is 39.2 Å². The molecule has 1 aromatic heterocycles. The summed E-state index contributed by atoms with van der Waals surface area (Å²) in [7, 11) is -0.161. The average Bonchev–Trinajstić information content (AvgIpc) is 3.08. The molecule has 162 valence electrons. The standard InChI is InChI=1S/C22H18N4O5S/c1-23-21(28)18-12-17(8-9-24-18)31-16-6-4-14(5-7-16)25-22(29)26-15-3-2-13-10-20(27)32(30)19(13)11-15/h2-9,11-12H,10H2,1H3,(H,23,28)(H2,25,26,29). The van der Waals surface area contributed by atoms with Gasteiger partial charge in [0.15, 0.2) is 0 Å². The van der Waals surface area contributed by atoms with Crippen LogP contribution in [-0.2, 0) is 22.0 Å². The Morgan fingerprint density at radius 3 is 2.44 bits per heavy atom. The molecule has 3 amide bonds. The highest BCUT2D eigenvalue weighted by atomic mass is 32.2. The van der Waals surface area contributed by atoms with E-state index in [1.807, 2.05) is 0 Å². The maximum atomic E-state index is 12.3. The van der Waals surface area contributed by atoms with Gasteiger partial charge in [0.25, 0.3) is 5.91 Å². The van der Waals surface area contributed by atoms with Gasteiger partial charge in [-0.15, -0.1) is 0 Å². The monoisotopic (exact) mass is 450 g/mol. The minimum atomic E-state index is -1.68. The van der Waals surface area contributed by atoms with Gasteiger partial charge in [0.2, 0.25) is 5.12 Å². The topological polar surface area (TPSA) is 126 Å². The molecule has 1 unspecified atom stereocenters. The molecule has 1 aliphatic rings. The van der Waals surface area contributed by atoms with E-state index in [9.17, 15) is 18.6 Å². The summed E-state index contributed by atoms with van der Waals surface area (Å²) in [5.41, 5.74) is 1.91. The Kier molecular flexibility index (Phi) is 5.95. The molecule has 0 saturated carbocycles. The molecule has 0 saturated heterocycles. The first-order chi connectivity index (χ1) is 15.4. The minimum Gasteiger partial charge on any atom is -0.457 e. The van der Waals surface area contributed by atoms with Gasteiger partial charge in [-0.05, 0) is 48.0 Å². The van der Waals surface area contributed by atoms with Crippen LogP contribution >= 0.6 is 0 Å². The van der Waals surface area contributed by atoms with Crippen molar-refractivity contribution in [2.45, 2.75) is 11.3 Å². The van der Waals surface area contributed by atoms with Crippen molar-refractivity contribution in [2.24, 2.45) is 0 Å². The fourth-order valence-electron chi connectivity index (χ4n) is 3.06. The molecule has 4 rings (SSSR count). The second kappa shape index (κ2) is 8.98. The summed E-state index contributed by atoms with van der Waals surface area (Å²) >= 11 is 0. The molecule has 10 heteroatoms. The number of pyridine rings is 1. The Balaban J connectivity index is 1.37. The molecule has 32 heavy (non-hydrogen) atoms. The summed E-state index contributed by atoms with van der Waals surface area (Å²) in [6.07, 6.45) is 1.63. The number of rotatable bonds is 5. The first-order valence-electron chi connectivity index (χ1n) is 9.54. The molecule has 0 aliphatic carbocycles. The summed E-state index contributed by atoms with van der Waals surface area (Å²) in [5.74, 6) is 0.641. The third kappa shape index (κ3) is 4.65. The fraction of sp³-hybridized carbons (Fsp3) is 0.0909. The van der Waals surface area contributed by atoms with Gasteiger partial charge < -0.3 is 20.7 Å². The number of carbonyl (C=O) groups is 3. The lowest BCUT2D eigenvalue weighted by Gasteiger charge is -2.10. The normalized spacial score (nSPS) is 14.4. The summed E-state index contributed by atoms with van der Waals surface area (Å²) in [6, 6.07) is 14.2. The molecule has 1 aliphatic heterocycles. The minimum absolute atomic E-state index is 0.148. The van der Waals surface area contributed by atoms with E-state index in [1.165, 1.54) is 19.3 Å². The van der Waals surface area contributed by atoms with Crippen molar-refractivity contribution in [2.75, 3.05) is 17.7 Å². The first-order valence-corrected chi connectivity index (χ1v) is 10.7. The zero-order chi connectivity index (χ0) is 22.7. The lowest BCUT2D eigenvalue weighted by molar-refractivity contribution is -0.110. The molecular weight excluding hydrogens is 432 g/mol.